The first-order valence-corrected chi connectivity index (χ1v) is 12.9. The molecule has 2 amide bonds. The van der Waals surface area contributed by atoms with E-state index in [9.17, 15) is 14.9 Å². The molecular formula is C29H32N6O2. The number of benzene rings is 2. The number of nitrogens with one attached hydrogen (secondary N) is 2. The van der Waals surface area contributed by atoms with Crippen LogP contribution in [0.25, 0.3) is 11.1 Å². The smallest absolute Gasteiger partial charge is 0.254 e. The first-order valence-electron chi connectivity index (χ1n) is 12.9. The summed E-state index contributed by atoms with van der Waals surface area (Å²) in [6.07, 6.45) is 6.76. The number of anilines is 1. The van der Waals surface area contributed by atoms with E-state index in [1.165, 1.54) is 16.7 Å². The minimum atomic E-state index is -0.642. The lowest BCUT2D eigenvalue weighted by Gasteiger charge is -2.39. The highest BCUT2D eigenvalue weighted by Crippen LogP contribution is 2.39. The number of nitriles is 1. The van der Waals surface area contributed by atoms with Gasteiger partial charge < -0.3 is 16.4 Å². The lowest BCUT2D eigenvalue weighted by molar-refractivity contribution is -0.117. The molecule has 4 N–H and O–H groups in total. The van der Waals surface area contributed by atoms with E-state index in [2.05, 4.69) is 70.3 Å². The van der Waals surface area contributed by atoms with Gasteiger partial charge in [-0.1, -0.05) is 54.6 Å². The summed E-state index contributed by atoms with van der Waals surface area (Å²) in [7, 11) is 0. The van der Waals surface area contributed by atoms with Gasteiger partial charge in [0.1, 0.15) is 5.56 Å². The van der Waals surface area contributed by atoms with E-state index in [-0.39, 0.29) is 29.6 Å². The molecule has 0 spiro atoms. The van der Waals surface area contributed by atoms with Crippen LogP contribution in [-0.2, 0) is 16.9 Å². The molecule has 1 heterocycles. The first kappa shape index (κ1) is 24.7. The van der Waals surface area contributed by atoms with E-state index in [1.54, 1.807) is 10.9 Å². The molecule has 0 bridgehead atoms. The summed E-state index contributed by atoms with van der Waals surface area (Å²) in [4.78, 5) is 24.4. The third-order valence-electron chi connectivity index (χ3n) is 7.66. The fourth-order valence-corrected chi connectivity index (χ4v) is 5.28. The summed E-state index contributed by atoms with van der Waals surface area (Å²) < 4.78 is 1.71. The highest BCUT2D eigenvalue weighted by molar-refractivity contribution is 6.02. The van der Waals surface area contributed by atoms with Crippen molar-refractivity contribution in [2.75, 3.05) is 5.32 Å². The van der Waals surface area contributed by atoms with Gasteiger partial charge in [-0.05, 0) is 55.2 Å². The van der Waals surface area contributed by atoms with Gasteiger partial charge in [-0.2, -0.15) is 10.4 Å². The van der Waals surface area contributed by atoms with E-state index in [4.69, 9.17) is 5.73 Å². The molecule has 2 aliphatic carbocycles. The number of nitrogens with zero attached hydrogens (tertiary/aromatic N) is 3. The topological polar surface area (TPSA) is 126 Å². The van der Waals surface area contributed by atoms with Gasteiger partial charge in [-0.15, -0.1) is 0 Å². The first-order chi connectivity index (χ1) is 18.0. The molecule has 3 aromatic rings. The Balaban J connectivity index is 1.28. The summed E-state index contributed by atoms with van der Waals surface area (Å²) in [5.41, 5.74) is 8.91. The molecule has 2 fully saturated rings. The Bertz CT molecular complexity index is 1310. The average Bonchev–Trinajstić information content (AvgIpc) is 3.69. The Labute approximate surface area is 216 Å². The standard InChI is InChI=1S/C29H32N6O2/c30-17-16-29(35-19-25(26(31)36)27(34-35)33-28(37)21-10-11-21)14-12-23(13-15-29)32-18-22-8-4-5-9-24(22)20-6-2-1-3-7-20/h1-9,19,21,23,32H,10-16,18H2,(H2,31,36)(H,33,34,37)/t23-,29-. The zero-order chi connectivity index (χ0) is 25.8. The summed E-state index contributed by atoms with van der Waals surface area (Å²) in [6, 6.07) is 21.4. The molecule has 190 valence electrons. The molecular weight excluding hydrogens is 464 g/mol. The summed E-state index contributed by atoms with van der Waals surface area (Å²) in [5, 5.41) is 20.7. The minimum Gasteiger partial charge on any atom is -0.365 e. The van der Waals surface area contributed by atoms with Gasteiger partial charge in [0.15, 0.2) is 5.82 Å². The molecule has 0 saturated heterocycles. The van der Waals surface area contributed by atoms with Gasteiger partial charge in [-0.3, -0.25) is 14.3 Å². The van der Waals surface area contributed by atoms with Crippen LogP contribution in [0.3, 0.4) is 0 Å². The maximum absolute atomic E-state index is 12.3. The number of rotatable bonds is 9. The van der Waals surface area contributed by atoms with Crippen LogP contribution < -0.4 is 16.4 Å². The van der Waals surface area contributed by atoms with E-state index in [0.717, 1.165) is 45.1 Å². The monoisotopic (exact) mass is 496 g/mol. The summed E-state index contributed by atoms with van der Waals surface area (Å²) in [6.45, 7) is 0.756. The number of hydrogen-bond acceptors (Lipinski definition) is 5. The van der Waals surface area contributed by atoms with Crippen molar-refractivity contribution in [2.24, 2.45) is 11.7 Å². The lowest BCUT2D eigenvalue weighted by atomic mass is 9.77. The third-order valence-corrected chi connectivity index (χ3v) is 7.66. The molecule has 0 radical (unpaired) electrons. The van der Waals surface area contributed by atoms with E-state index < -0.39 is 11.4 Å². The van der Waals surface area contributed by atoms with Crippen molar-refractivity contribution < 1.29 is 9.59 Å². The van der Waals surface area contributed by atoms with Crippen molar-refractivity contribution in [1.82, 2.24) is 15.1 Å². The molecule has 0 atom stereocenters. The van der Waals surface area contributed by atoms with Gasteiger partial charge in [0.25, 0.3) is 5.91 Å². The zero-order valence-electron chi connectivity index (χ0n) is 20.8. The molecule has 2 aliphatic rings. The molecule has 37 heavy (non-hydrogen) atoms. The van der Waals surface area contributed by atoms with Crippen LogP contribution in [0.2, 0.25) is 0 Å². The van der Waals surface area contributed by atoms with Gasteiger partial charge in [0.2, 0.25) is 5.91 Å². The highest BCUT2D eigenvalue weighted by Gasteiger charge is 2.39. The quantitative estimate of drug-likeness (QED) is 0.406. The highest BCUT2D eigenvalue weighted by atomic mass is 16.2. The second-order valence-electron chi connectivity index (χ2n) is 10.2. The number of primary amides is 1. The van der Waals surface area contributed by atoms with Crippen molar-refractivity contribution >= 4 is 17.6 Å². The Morgan fingerprint density at radius 3 is 2.43 bits per heavy atom. The molecule has 0 unspecified atom stereocenters. The normalized spacial score (nSPS) is 21.2. The Kier molecular flexibility index (Phi) is 7.06. The Hall–Kier alpha value is -3.96. The maximum Gasteiger partial charge on any atom is 0.254 e. The van der Waals surface area contributed by atoms with Gasteiger partial charge in [0, 0.05) is 24.7 Å². The second-order valence-corrected chi connectivity index (χ2v) is 10.2. The summed E-state index contributed by atoms with van der Waals surface area (Å²) in [5.74, 6) is -0.602. The average molecular weight is 497 g/mol. The third kappa shape index (κ3) is 5.42. The van der Waals surface area contributed by atoms with Crippen LogP contribution in [0.4, 0.5) is 5.82 Å². The van der Waals surface area contributed by atoms with Crippen LogP contribution in [0.5, 0.6) is 0 Å². The number of amides is 2. The second kappa shape index (κ2) is 10.6. The molecule has 2 saturated carbocycles. The lowest BCUT2D eigenvalue weighted by Crippen LogP contribution is -2.43. The minimum absolute atomic E-state index is 0.0209. The van der Waals surface area contributed by atoms with Crippen LogP contribution in [0, 0.1) is 17.2 Å². The molecule has 1 aromatic heterocycles. The van der Waals surface area contributed by atoms with E-state index in [1.807, 2.05) is 6.07 Å². The Morgan fingerprint density at radius 1 is 1.05 bits per heavy atom. The van der Waals surface area contributed by atoms with Crippen LogP contribution in [-0.4, -0.2) is 27.6 Å². The number of aromatic nitrogens is 2. The summed E-state index contributed by atoms with van der Waals surface area (Å²) >= 11 is 0. The van der Waals surface area contributed by atoms with E-state index >= 15 is 0 Å². The number of carbonyl (C=O) groups is 2. The predicted molar refractivity (Wildman–Crippen MR) is 141 cm³/mol. The molecule has 8 nitrogen and oxygen atoms in total. The van der Waals surface area contributed by atoms with E-state index in [0.29, 0.717) is 6.04 Å². The van der Waals surface area contributed by atoms with Crippen molar-refractivity contribution in [2.45, 2.75) is 63.1 Å². The van der Waals surface area contributed by atoms with Crippen molar-refractivity contribution in [3.05, 3.63) is 71.9 Å². The molecule has 2 aromatic carbocycles. The van der Waals surface area contributed by atoms with Crippen LogP contribution in [0.15, 0.2) is 60.8 Å². The molecule has 5 rings (SSSR count). The Morgan fingerprint density at radius 2 is 1.76 bits per heavy atom. The predicted octanol–water partition coefficient (Wildman–Crippen LogP) is 4.34. The SMILES string of the molecule is N#CC[C@]1(n2cc(C(N)=O)c(NC(=O)C3CC3)n2)CC[C@H](NCc2ccccc2-c2ccccc2)CC1. The molecule has 0 aliphatic heterocycles. The maximum atomic E-state index is 12.3. The van der Waals surface area contributed by atoms with Gasteiger partial charge in [0.05, 0.1) is 18.0 Å². The van der Waals surface area contributed by atoms with Crippen molar-refractivity contribution in [1.29, 1.82) is 5.26 Å². The number of carbonyl (C=O) groups excluding carboxylic acids is 2. The van der Waals surface area contributed by atoms with Gasteiger partial charge in [-0.25, -0.2) is 0 Å². The number of hydrogen-bond donors (Lipinski definition) is 3. The zero-order valence-corrected chi connectivity index (χ0v) is 20.8. The molecule has 8 heteroatoms. The van der Waals surface area contributed by atoms with Gasteiger partial charge >= 0.3 is 0 Å². The fraction of sp³-hybridized carbons (Fsp3) is 0.379. The fourth-order valence-electron chi connectivity index (χ4n) is 5.28. The largest absolute Gasteiger partial charge is 0.365 e. The number of nitrogens with two attached hydrogens (primary N) is 1. The van der Waals surface area contributed by atoms with Crippen molar-refractivity contribution in [3.8, 4) is 17.2 Å². The van der Waals surface area contributed by atoms with Crippen LogP contribution >= 0.6 is 0 Å². The van der Waals surface area contributed by atoms with Crippen LogP contribution in [0.1, 0.15) is 60.9 Å². The van der Waals surface area contributed by atoms with Crippen molar-refractivity contribution in [3.63, 3.8) is 0 Å².